The minimum Gasteiger partial charge on any atom is -0.507 e. The lowest BCUT2D eigenvalue weighted by Gasteiger charge is -2.27. The number of methoxy groups -OCH3 is 2. The van der Waals surface area contributed by atoms with Gasteiger partial charge in [0.15, 0.2) is 0 Å². The number of benzene rings is 2. The predicted octanol–water partition coefficient (Wildman–Crippen LogP) is 3.96. The summed E-state index contributed by atoms with van der Waals surface area (Å²) in [5.41, 5.74) is 0.855. The highest BCUT2D eigenvalue weighted by molar-refractivity contribution is 6.46. The molecule has 0 aromatic heterocycles. The molecule has 2 aliphatic heterocycles. The van der Waals surface area contributed by atoms with Crippen LogP contribution in [0.3, 0.4) is 0 Å². The summed E-state index contributed by atoms with van der Waals surface area (Å²) in [6.07, 6.45) is 1.54. The molecule has 0 radical (unpaired) electrons. The lowest BCUT2D eigenvalue weighted by molar-refractivity contribution is -0.140. The Morgan fingerprint density at radius 3 is 2.69 bits per heavy atom. The van der Waals surface area contributed by atoms with Gasteiger partial charge in [0.05, 0.1) is 37.5 Å². The van der Waals surface area contributed by atoms with E-state index in [0.717, 1.165) is 12.8 Å². The van der Waals surface area contributed by atoms with Gasteiger partial charge in [-0.15, -0.1) is 0 Å². The van der Waals surface area contributed by atoms with Crippen molar-refractivity contribution in [3.05, 3.63) is 64.2 Å². The quantitative estimate of drug-likeness (QED) is 0.401. The summed E-state index contributed by atoms with van der Waals surface area (Å²) in [6.45, 7) is 0.869. The fourth-order valence-corrected chi connectivity index (χ4v) is 4.42. The summed E-state index contributed by atoms with van der Waals surface area (Å²) in [4.78, 5) is 27.7. The van der Waals surface area contributed by atoms with Crippen LogP contribution >= 0.6 is 11.6 Å². The second-order valence-corrected chi connectivity index (χ2v) is 8.14. The molecule has 2 aliphatic rings. The number of hydrogen-bond acceptors (Lipinski definition) is 6. The van der Waals surface area contributed by atoms with Gasteiger partial charge in [0.1, 0.15) is 17.3 Å². The summed E-state index contributed by atoms with van der Waals surface area (Å²) in [5.74, 6) is -0.885. The number of carbonyl (C=O) groups excluding carboxylic acids is 2. The molecular weight excluding hydrogens is 434 g/mol. The second-order valence-electron chi connectivity index (χ2n) is 7.71. The van der Waals surface area contributed by atoms with E-state index >= 15 is 0 Å². The summed E-state index contributed by atoms with van der Waals surface area (Å²) in [6, 6.07) is 11.0. The van der Waals surface area contributed by atoms with Crippen molar-refractivity contribution < 1.29 is 28.9 Å². The molecule has 32 heavy (non-hydrogen) atoms. The first-order valence-corrected chi connectivity index (χ1v) is 10.7. The lowest BCUT2D eigenvalue weighted by Crippen LogP contribution is -2.36. The first-order valence-electron chi connectivity index (χ1n) is 10.3. The van der Waals surface area contributed by atoms with Gasteiger partial charge in [-0.3, -0.25) is 9.59 Å². The Bertz CT molecular complexity index is 1080. The number of aliphatic hydroxyl groups excluding tert-OH is 1. The first-order chi connectivity index (χ1) is 15.4. The highest BCUT2D eigenvalue weighted by Crippen LogP contribution is 2.42. The van der Waals surface area contributed by atoms with Crippen LogP contribution in [0.2, 0.25) is 5.02 Å². The first kappa shape index (κ1) is 22.2. The van der Waals surface area contributed by atoms with Gasteiger partial charge in [-0.25, -0.2) is 0 Å². The fourth-order valence-electron chi connectivity index (χ4n) is 4.24. The minimum atomic E-state index is -0.807. The van der Waals surface area contributed by atoms with E-state index in [1.165, 1.54) is 18.1 Å². The molecular formula is C24H24ClNO6. The van der Waals surface area contributed by atoms with Gasteiger partial charge in [-0.05, 0) is 48.7 Å². The number of rotatable bonds is 6. The molecule has 4 rings (SSSR count). The van der Waals surface area contributed by atoms with Crippen LogP contribution in [0.4, 0.5) is 0 Å². The van der Waals surface area contributed by atoms with Crippen molar-refractivity contribution in [2.75, 3.05) is 27.4 Å². The number of halogens is 1. The third kappa shape index (κ3) is 4.06. The maximum absolute atomic E-state index is 13.2. The number of ether oxygens (including phenoxy) is 3. The smallest absolute Gasteiger partial charge is 0.295 e. The molecule has 2 atom stereocenters. The Hall–Kier alpha value is -3.03. The van der Waals surface area contributed by atoms with Crippen molar-refractivity contribution in [3.8, 4) is 11.5 Å². The van der Waals surface area contributed by atoms with E-state index in [9.17, 15) is 14.7 Å². The molecule has 0 bridgehead atoms. The van der Waals surface area contributed by atoms with Gasteiger partial charge >= 0.3 is 0 Å². The normalized spacial score (nSPS) is 22.4. The number of Topliss-reactive ketones (excluding diaryl/α,β-unsaturated/α-hetero) is 1. The van der Waals surface area contributed by atoms with Crippen molar-refractivity contribution in [3.63, 3.8) is 0 Å². The Labute approximate surface area is 191 Å². The SMILES string of the molecule is COc1cccc(C2/C(=C(\O)c3cc(Cl)ccc3OC)C(=O)C(=O)N2CC2CCCO2)c1. The van der Waals surface area contributed by atoms with Crippen LogP contribution in [0.25, 0.3) is 5.76 Å². The van der Waals surface area contributed by atoms with E-state index in [1.54, 1.807) is 43.5 Å². The van der Waals surface area contributed by atoms with Crippen LogP contribution in [0, 0.1) is 0 Å². The van der Waals surface area contributed by atoms with Crippen molar-refractivity contribution in [1.82, 2.24) is 4.90 Å². The van der Waals surface area contributed by atoms with Crippen molar-refractivity contribution in [2.24, 2.45) is 0 Å². The van der Waals surface area contributed by atoms with Crippen molar-refractivity contribution >= 4 is 29.1 Å². The van der Waals surface area contributed by atoms with Crippen LogP contribution < -0.4 is 9.47 Å². The van der Waals surface area contributed by atoms with Crippen LogP contribution in [0.1, 0.15) is 30.0 Å². The van der Waals surface area contributed by atoms with Gasteiger partial charge < -0.3 is 24.2 Å². The predicted molar refractivity (Wildman–Crippen MR) is 119 cm³/mol. The number of aliphatic hydroxyl groups is 1. The molecule has 0 aliphatic carbocycles. The van der Waals surface area contributed by atoms with Crippen molar-refractivity contribution in [2.45, 2.75) is 25.0 Å². The van der Waals surface area contributed by atoms with Crippen LogP contribution in [0.5, 0.6) is 11.5 Å². The molecule has 2 fully saturated rings. The van der Waals surface area contributed by atoms with Gasteiger partial charge in [0.25, 0.3) is 11.7 Å². The summed E-state index contributed by atoms with van der Waals surface area (Å²) < 4.78 is 16.4. The molecule has 2 heterocycles. The second kappa shape index (κ2) is 9.22. The van der Waals surface area contributed by atoms with Gasteiger partial charge in [-0.1, -0.05) is 23.7 Å². The van der Waals surface area contributed by atoms with Gasteiger partial charge in [0, 0.05) is 18.2 Å². The van der Waals surface area contributed by atoms with E-state index in [4.69, 9.17) is 25.8 Å². The van der Waals surface area contributed by atoms with Gasteiger partial charge in [0.2, 0.25) is 0 Å². The molecule has 2 saturated heterocycles. The number of nitrogens with zero attached hydrogens (tertiary/aromatic N) is 1. The Balaban J connectivity index is 1.88. The van der Waals surface area contributed by atoms with Crippen LogP contribution in [-0.2, 0) is 14.3 Å². The molecule has 1 amide bonds. The fraction of sp³-hybridized carbons (Fsp3) is 0.333. The topological polar surface area (TPSA) is 85.3 Å². The third-order valence-electron chi connectivity index (χ3n) is 5.79. The zero-order valence-electron chi connectivity index (χ0n) is 17.8. The largest absolute Gasteiger partial charge is 0.507 e. The maximum atomic E-state index is 13.2. The Morgan fingerprint density at radius 1 is 1.19 bits per heavy atom. The van der Waals surface area contributed by atoms with Crippen LogP contribution in [0.15, 0.2) is 48.0 Å². The molecule has 0 spiro atoms. The summed E-state index contributed by atoms with van der Waals surface area (Å²) >= 11 is 6.14. The highest BCUT2D eigenvalue weighted by atomic mass is 35.5. The number of amides is 1. The Kier molecular flexibility index (Phi) is 6.39. The summed E-state index contributed by atoms with van der Waals surface area (Å²) in [7, 11) is 2.99. The van der Waals surface area contributed by atoms with Crippen LogP contribution in [-0.4, -0.2) is 55.2 Å². The molecule has 2 unspecified atom stereocenters. The molecule has 2 aromatic rings. The zero-order chi connectivity index (χ0) is 22.8. The van der Waals surface area contributed by atoms with E-state index in [-0.39, 0.29) is 29.5 Å². The number of likely N-dealkylation sites (tertiary alicyclic amines) is 1. The number of carbonyl (C=O) groups is 2. The van der Waals surface area contributed by atoms with E-state index in [1.807, 2.05) is 0 Å². The lowest BCUT2D eigenvalue weighted by atomic mass is 9.94. The third-order valence-corrected chi connectivity index (χ3v) is 6.03. The average Bonchev–Trinajstić information content (AvgIpc) is 3.41. The monoisotopic (exact) mass is 457 g/mol. The molecule has 1 N–H and O–H groups in total. The van der Waals surface area contributed by atoms with Gasteiger partial charge in [-0.2, -0.15) is 0 Å². The highest BCUT2D eigenvalue weighted by Gasteiger charge is 2.47. The molecule has 7 nitrogen and oxygen atoms in total. The molecule has 2 aromatic carbocycles. The van der Waals surface area contributed by atoms with E-state index in [2.05, 4.69) is 0 Å². The summed E-state index contributed by atoms with van der Waals surface area (Å²) in [5, 5.41) is 11.6. The average molecular weight is 458 g/mol. The van der Waals surface area contributed by atoms with E-state index in [0.29, 0.717) is 28.7 Å². The Morgan fingerprint density at radius 2 is 2.00 bits per heavy atom. The maximum Gasteiger partial charge on any atom is 0.295 e. The minimum absolute atomic E-state index is 0.0261. The van der Waals surface area contributed by atoms with Crippen molar-refractivity contribution in [1.29, 1.82) is 0 Å². The van der Waals surface area contributed by atoms with E-state index < -0.39 is 17.7 Å². The number of ketones is 1. The molecule has 8 heteroatoms. The zero-order valence-corrected chi connectivity index (χ0v) is 18.6. The number of hydrogen-bond donors (Lipinski definition) is 1. The molecule has 0 saturated carbocycles. The standard InChI is InChI=1S/C24H24ClNO6/c1-30-16-6-3-5-14(11-16)21-20(22(27)18-12-15(25)8-9-19(18)31-2)23(28)24(29)26(21)13-17-7-4-10-32-17/h3,5-6,8-9,11-12,17,21,27H,4,7,10,13H2,1-2H3/b22-20+. The molecule has 168 valence electrons.